The standard InChI is InChI=1S/C16H16BrNO/c17-15-3-1-2-11(6-15)7-16(18)12-4-5-13-9-19-10-14(13)8-12/h1-6,8,16H,7,9-10,18H2. The largest absolute Gasteiger partial charge is 0.372 e. The highest BCUT2D eigenvalue weighted by Gasteiger charge is 2.14. The summed E-state index contributed by atoms with van der Waals surface area (Å²) in [6, 6.07) is 14.8. The quantitative estimate of drug-likeness (QED) is 0.936. The first kappa shape index (κ1) is 12.9. The summed E-state index contributed by atoms with van der Waals surface area (Å²) in [5.74, 6) is 0. The lowest BCUT2D eigenvalue weighted by molar-refractivity contribution is 0.134. The third kappa shape index (κ3) is 2.89. The Morgan fingerprint density at radius 3 is 2.79 bits per heavy atom. The molecule has 2 N–H and O–H groups in total. The molecule has 0 radical (unpaired) electrons. The molecule has 0 amide bonds. The second kappa shape index (κ2) is 5.45. The molecule has 0 bridgehead atoms. The van der Waals surface area contributed by atoms with Crippen molar-refractivity contribution in [1.29, 1.82) is 0 Å². The minimum atomic E-state index is 0.0280. The fourth-order valence-electron chi connectivity index (χ4n) is 2.46. The zero-order valence-corrected chi connectivity index (χ0v) is 12.2. The van der Waals surface area contributed by atoms with E-state index < -0.39 is 0 Å². The molecule has 1 heterocycles. The first-order valence-corrected chi connectivity index (χ1v) is 7.21. The summed E-state index contributed by atoms with van der Waals surface area (Å²) < 4.78 is 6.53. The van der Waals surface area contributed by atoms with Crippen LogP contribution >= 0.6 is 15.9 Å². The number of ether oxygens (including phenoxy) is 1. The first-order chi connectivity index (χ1) is 9.22. The van der Waals surface area contributed by atoms with E-state index >= 15 is 0 Å². The summed E-state index contributed by atoms with van der Waals surface area (Å²) in [5, 5.41) is 0. The zero-order chi connectivity index (χ0) is 13.2. The van der Waals surface area contributed by atoms with Crippen molar-refractivity contribution in [3.05, 3.63) is 69.2 Å². The number of hydrogen-bond acceptors (Lipinski definition) is 2. The Morgan fingerprint density at radius 2 is 1.95 bits per heavy atom. The monoisotopic (exact) mass is 317 g/mol. The molecule has 3 rings (SSSR count). The minimum Gasteiger partial charge on any atom is -0.372 e. The molecule has 2 aromatic rings. The Bertz CT molecular complexity index is 597. The van der Waals surface area contributed by atoms with Crippen molar-refractivity contribution in [2.75, 3.05) is 0 Å². The van der Waals surface area contributed by atoms with Gasteiger partial charge in [-0.2, -0.15) is 0 Å². The van der Waals surface area contributed by atoms with Crippen molar-refractivity contribution in [2.24, 2.45) is 5.73 Å². The molecular weight excluding hydrogens is 302 g/mol. The van der Waals surface area contributed by atoms with Crippen molar-refractivity contribution in [1.82, 2.24) is 0 Å². The van der Waals surface area contributed by atoms with E-state index in [1.807, 2.05) is 12.1 Å². The van der Waals surface area contributed by atoms with Gasteiger partial charge in [-0.3, -0.25) is 0 Å². The number of fused-ring (bicyclic) bond motifs is 1. The predicted octanol–water partition coefficient (Wildman–Crippen LogP) is 3.72. The molecule has 1 atom stereocenters. The third-order valence-corrected chi connectivity index (χ3v) is 4.01. The number of benzene rings is 2. The van der Waals surface area contributed by atoms with Gasteiger partial charge in [0.05, 0.1) is 13.2 Å². The first-order valence-electron chi connectivity index (χ1n) is 6.42. The van der Waals surface area contributed by atoms with E-state index in [2.05, 4.69) is 46.3 Å². The molecule has 0 spiro atoms. The molecular formula is C16H16BrNO. The fourth-order valence-corrected chi connectivity index (χ4v) is 2.90. The summed E-state index contributed by atoms with van der Waals surface area (Å²) in [6.07, 6.45) is 0.846. The lowest BCUT2D eigenvalue weighted by Crippen LogP contribution is -2.13. The summed E-state index contributed by atoms with van der Waals surface area (Å²) in [6.45, 7) is 1.45. The van der Waals surface area contributed by atoms with Crippen LogP contribution in [0.1, 0.15) is 28.3 Å². The molecule has 19 heavy (non-hydrogen) atoms. The van der Waals surface area contributed by atoms with Crippen LogP contribution in [0.5, 0.6) is 0 Å². The van der Waals surface area contributed by atoms with E-state index in [0.29, 0.717) is 6.61 Å². The van der Waals surface area contributed by atoms with Crippen molar-refractivity contribution in [3.63, 3.8) is 0 Å². The molecule has 1 aliphatic rings. The molecule has 0 aromatic heterocycles. The van der Waals surface area contributed by atoms with Crippen LogP contribution in [0.15, 0.2) is 46.9 Å². The molecule has 3 heteroatoms. The van der Waals surface area contributed by atoms with E-state index in [0.717, 1.165) is 17.5 Å². The Hall–Kier alpha value is -1.16. The Balaban J connectivity index is 1.78. The van der Waals surface area contributed by atoms with Gasteiger partial charge in [-0.15, -0.1) is 0 Å². The van der Waals surface area contributed by atoms with E-state index in [1.54, 1.807) is 0 Å². The average Bonchev–Trinajstić information content (AvgIpc) is 2.85. The lowest BCUT2D eigenvalue weighted by Gasteiger charge is -2.13. The maximum absolute atomic E-state index is 6.32. The van der Waals surface area contributed by atoms with Crippen LogP contribution < -0.4 is 5.73 Å². The smallest absolute Gasteiger partial charge is 0.0725 e. The topological polar surface area (TPSA) is 35.2 Å². The van der Waals surface area contributed by atoms with Gasteiger partial charge < -0.3 is 10.5 Å². The number of nitrogens with two attached hydrogens (primary N) is 1. The molecule has 0 saturated heterocycles. The van der Waals surface area contributed by atoms with Crippen molar-refractivity contribution in [3.8, 4) is 0 Å². The van der Waals surface area contributed by atoms with Gasteiger partial charge in [0, 0.05) is 10.5 Å². The zero-order valence-electron chi connectivity index (χ0n) is 10.6. The SMILES string of the molecule is NC(Cc1cccc(Br)c1)c1ccc2c(c1)COC2. The fraction of sp³-hybridized carbons (Fsp3) is 0.250. The molecule has 0 saturated carbocycles. The third-order valence-electron chi connectivity index (χ3n) is 3.52. The maximum Gasteiger partial charge on any atom is 0.0725 e. The molecule has 0 fully saturated rings. The van der Waals surface area contributed by atoms with Gasteiger partial charge in [-0.05, 0) is 40.8 Å². The van der Waals surface area contributed by atoms with Crippen LogP contribution in [0.4, 0.5) is 0 Å². The Morgan fingerprint density at radius 1 is 1.11 bits per heavy atom. The second-order valence-electron chi connectivity index (χ2n) is 4.96. The van der Waals surface area contributed by atoms with E-state index in [9.17, 15) is 0 Å². The lowest BCUT2D eigenvalue weighted by atomic mass is 9.97. The number of rotatable bonds is 3. The van der Waals surface area contributed by atoms with Gasteiger partial charge in [-0.1, -0.05) is 46.3 Å². The second-order valence-corrected chi connectivity index (χ2v) is 5.88. The highest BCUT2D eigenvalue weighted by Crippen LogP contribution is 2.25. The molecule has 2 nitrogen and oxygen atoms in total. The molecule has 1 unspecified atom stereocenters. The van der Waals surface area contributed by atoms with Crippen LogP contribution in [0.25, 0.3) is 0 Å². The van der Waals surface area contributed by atoms with Gasteiger partial charge in [0.1, 0.15) is 0 Å². The van der Waals surface area contributed by atoms with Crippen molar-refractivity contribution in [2.45, 2.75) is 25.7 Å². The summed E-state index contributed by atoms with van der Waals surface area (Å²) in [4.78, 5) is 0. The van der Waals surface area contributed by atoms with Gasteiger partial charge in [0.2, 0.25) is 0 Å². The van der Waals surface area contributed by atoms with E-state index in [1.165, 1.54) is 22.3 Å². The Kier molecular flexibility index (Phi) is 3.69. The molecule has 2 aromatic carbocycles. The minimum absolute atomic E-state index is 0.0280. The van der Waals surface area contributed by atoms with Gasteiger partial charge in [-0.25, -0.2) is 0 Å². The highest BCUT2D eigenvalue weighted by atomic mass is 79.9. The average molecular weight is 318 g/mol. The predicted molar refractivity (Wildman–Crippen MR) is 79.7 cm³/mol. The van der Waals surface area contributed by atoms with Gasteiger partial charge in [0.25, 0.3) is 0 Å². The normalized spacial score (nSPS) is 15.3. The van der Waals surface area contributed by atoms with Crippen LogP contribution in [-0.4, -0.2) is 0 Å². The maximum atomic E-state index is 6.32. The summed E-state index contributed by atoms with van der Waals surface area (Å²) in [5.41, 5.74) is 11.3. The van der Waals surface area contributed by atoms with Gasteiger partial charge >= 0.3 is 0 Å². The summed E-state index contributed by atoms with van der Waals surface area (Å²) in [7, 11) is 0. The summed E-state index contributed by atoms with van der Waals surface area (Å²) >= 11 is 3.49. The van der Waals surface area contributed by atoms with E-state index in [4.69, 9.17) is 10.5 Å². The molecule has 0 aliphatic carbocycles. The van der Waals surface area contributed by atoms with Gasteiger partial charge in [0.15, 0.2) is 0 Å². The van der Waals surface area contributed by atoms with Crippen molar-refractivity contribution < 1.29 is 4.74 Å². The molecule has 98 valence electrons. The van der Waals surface area contributed by atoms with Crippen LogP contribution in [-0.2, 0) is 24.4 Å². The number of hydrogen-bond donors (Lipinski definition) is 1. The highest BCUT2D eigenvalue weighted by molar-refractivity contribution is 9.10. The van der Waals surface area contributed by atoms with Crippen LogP contribution in [0, 0.1) is 0 Å². The van der Waals surface area contributed by atoms with E-state index in [-0.39, 0.29) is 6.04 Å². The number of halogens is 1. The van der Waals surface area contributed by atoms with Crippen molar-refractivity contribution >= 4 is 15.9 Å². The Labute approximate surface area is 121 Å². The molecule has 1 aliphatic heterocycles. The van der Waals surface area contributed by atoms with Crippen LogP contribution in [0.3, 0.4) is 0 Å². The van der Waals surface area contributed by atoms with Crippen LogP contribution in [0.2, 0.25) is 0 Å².